The molecule has 6 heteroatoms. The van der Waals surface area contributed by atoms with Crippen molar-refractivity contribution in [3.63, 3.8) is 0 Å². The van der Waals surface area contributed by atoms with Crippen LogP contribution in [-0.2, 0) is 9.53 Å². The molecule has 1 amide bonds. The second-order valence-electron chi connectivity index (χ2n) is 7.40. The van der Waals surface area contributed by atoms with Gasteiger partial charge in [0.05, 0.1) is 17.7 Å². The summed E-state index contributed by atoms with van der Waals surface area (Å²) < 4.78 is 5.91. The number of hydrogen-bond acceptors (Lipinski definition) is 5. The lowest BCUT2D eigenvalue weighted by Gasteiger charge is -2.40. The van der Waals surface area contributed by atoms with E-state index in [0.717, 1.165) is 43.9 Å². The summed E-state index contributed by atoms with van der Waals surface area (Å²) in [7, 11) is 0. The Hall–Kier alpha value is -1.69. The lowest BCUT2D eigenvalue weighted by molar-refractivity contribution is -0.128. The van der Waals surface area contributed by atoms with Crippen molar-refractivity contribution in [1.82, 2.24) is 15.5 Å². The van der Waals surface area contributed by atoms with Crippen molar-refractivity contribution >= 4 is 11.7 Å². The van der Waals surface area contributed by atoms with Crippen LogP contribution in [0.5, 0.6) is 0 Å². The Balaban J connectivity index is 1.50. The fourth-order valence-electron chi connectivity index (χ4n) is 4.38. The lowest BCUT2D eigenvalue weighted by Crippen LogP contribution is -2.54. The first-order valence-corrected chi connectivity index (χ1v) is 9.18. The van der Waals surface area contributed by atoms with Crippen molar-refractivity contribution in [2.45, 2.75) is 51.2 Å². The van der Waals surface area contributed by atoms with Crippen LogP contribution in [0.15, 0.2) is 12.1 Å². The highest BCUT2D eigenvalue weighted by atomic mass is 16.5. The molecular weight excluding hydrogens is 304 g/mol. The van der Waals surface area contributed by atoms with Crippen molar-refractivity contribution in [2.24, 2.45) is 11.8 Å². The van der Waals surface area contributed by atoms with Crippen molar-refractivity contribution in [1.29, 1.82) is 0 Å². The number of nitrogens with one attached hydrogen (secondary N) is 1. The fraction of sp³-hybridized carbons (Fsp3) is 0.722. The standard InChI is InChI=1S/C18H26N4O2/c1-12-6-7-17(21-20-12)22-10-15(14-8-9-24-16(14)11-22)18(23)19-13-4-2-3-5-13/h6-7,13-16H,2-5,8-11H2,1H3,(H,19,23)/t14-,15+,16+/m1/s1. The normalized spacial score (nSPS) is 30.4. The summed E-state index contributed by atoms with van der Waals surface area (Å²) in [6.07, 6.45) is 5.82. The van der Waals surface area contributed by atoms with E-state index in [1.165, 1.54) is 12.8 Å². The van der Waals surface area contributed by atoms with E-state index >= 15 is 0 Å². The van der Waals surface area contributed by atoms with Gasteiger partial charge in [0, 0.05) is 31.7 Å². The summed E-state index contributed by atoms with van der Waals surface area (Å²) >= 11 is 0. The van der Waals surface area contributed by atoms with E-state index in [2.05, 4.69) is 20.4 Å². The first-order valence-electron chi connectivity index (χ1n) is 9.18. The monoisotopic (exact) mass is 330 g/mol. The van der Waals surface area contributed by atoms with Gasteiger partial charge in [0.2, 0.25) is 5.91 Å². The minimum absolute atomic E-state index is 0.0186. The summed E-state index contributed by atoms with van der Waals surface area (Å²) in [6.45, 7) is 4.20. The fourth-order valence-corrected chi connectivity index (χ4v) is 4.38. The summed E-state index contributed by atoms with van der Waals surface area (Å²) in [4.78, 5) is 15.1. The Bertz CT molecular complexity index is 585. The Morgan fingerprint density at radius 2 is 2.04 bits per heavy atom. The maximum Gasteiger partial charge on any atom is 0.225 e. The van der Waals surface area contributed by atoms with Gasteiger partial charge >= 0.3 is 0 Å². The molecule has 2 saturated heterocycles. The Labute approximate surface area is 143 Å². The predicted octanol–water partition coefficient (Wildman–Crippen LogP) is 1.69. The number of aryl methyl sites for hydroxylation is 1. The minimum atomic E-state index is -0.0186. The molecule has 6 nitrogen and oxygen atoms in total. The van der Waals surface area contributed by atoms with Crippen LogP contribution in [0.4, 0.5) is 5.82 Å². The van der Waals surface area contributed by atoms with E-state index in [1.54, 1.807) is 0 Å². The van der Waals surface area contributed by atoms with Crippen LogP contribution >= 0.6 is 0 Å². The number of hydrogen-bond donors (Lipinski definition) is 1. The average Bonchev–Trinajstić information content (AvgIpc) is 3.25. The van der Waals surface area contributed by atoms with E-state index in [1.807, 2.05) is 19.1 Å². The number of carbonyl (C=O) groups excluding carboxylic acids is 1. The van der Waals surface area contributed by atoms with Crippen molar-refractivity contribution in [3.8, 4) is 0 Å². The molecule has 0 bridgehead atoms. The Morgan fingerprint density at radius 1 is 1.21 bits per heavy atom. The van der Waals surface area contributed by atoms with Crippen LogP contribution in [0.25, 0.3) is 0 Å². The van der Waals surface area contributed by atoms with Gasteiger partial charge in [-0.3, -0.25) is 4.79 Å². The van der Waals surface area contributed by atoms with Crippen LogP contribution in [0.2, 0.25) is 0 Å². The maximum atomic E-state index is 12.9. The number of piperidine rings is 1. The van der Waals surface area contributed by atoms with Gasteiger partial charge in [-0.15, -0.1) is 5.10 Å². The summed E-state index contributed by atoms with van der Waals surface area (Å²) in [5, 5.41) is 11.7. The summed E-state index contributed by atoms with van der Waals surface area (Å²) in [5.41, 5.74) is 0.904. The smallest absolute Gasteiger partial charge is 0.225 e. The molecule has 3 atom stereocenters. The largest absolute Gasteiger partial charge is 0.376 e. The van der Waals surface area contributed by atoms with Crippen LogP contribution in [0, 0.1) is 18.8 Å². The number of ether oxygens (including phenoxy) is 1. The molecular formula is C18H26N4O2. The second kappa shape index (κ2) is 6.67. The van der Waals surface area contributed by atoms with Crippen LogP contribution < -0.4 is 10.2 Å². The van der Waals surface area contributed by atoms with E-state index in [0.29, 0.717) is 18.5 Å². The Kier molecular flexibility index (Phi) is 4.39. The number of rotatable bonds is 3. The molecule has 4 rings (SSSR count). The van der Waals surface area contributed by atoms with E-state index in [-0.39, 0.29) is 17.9 Å². The first kappa shape index (κ1) is 15.8. The molecule has 1 N–H and O–H groups in total. The number of amides is 1. The van der Waals surface area contributed by atoms with Crippen LogP contribution in [0.1, 0.15) is 37.8 Å². The highest BCUT2D eigenvalue weighted by molar-refractivity contribution is 5.80. The van der Waals surface area contributed by atoms with Crippen molar-refractivity contribution < 1.29 is 9.53 Å². The molecule has 3 aliphatic rings. The average molecular weight is 330 g/mol. The van der Waals surface area contributed by atoms with Gasteiger partial charge in [-0.05, 0) is 38.3 Å². The van der Waals surface area contributed by atoms with E-state index < -0.39 is 0 Å². The quantitative estimate of drug-likeness (QED) is 0.913. The first-order chi connectivity index (χ1) is 11.7. The molecule has 1 aromatic rings. The van der Waals surface area contributed by atoms with Gasteiger partial charge in [0.15, 0.2) is 5.82 Å². The third kappa shape index (κ3) is 3.11. The van der Waals surface area contributed by atoms with Gasteiger partial charge in [-0.1, -0.05) is 12.8 Å². The minimum Gasteiger partial charge on any atom is -0.376 e. The number of aromatic nitrogens is 2. The predicted molar refractivity (Wildman–Crippen MR) is 90.7 cm³/mol. The highest BCUT2D eigenvalue weighted by Crippen LogP contribution is 2.35. The second-order valence-corrected chi connectivity index (χ2v) is 7.40. The molecule has 24 heavy (non-hydrogen) atoms. The summed E-state index contributed by atoms with van der Waals surface area (Å²) in [6, 6.07) is 4.33. The molecule has 0 radical (unpaired) electrons. The third-order valence-corrected chi connectivity index (χ3v) is 5.74. The van der Waals surface area contributed by atoms with Gasteiger partial charge in [-0.2, -0.15) is 5.10 Å². The van der Waals surface area contributed by atoms with Crippen LogP contribution in [0.3, 0.4) is 0 Å². The van der Waals surface area contributed by atoms with E-state index in [9.17, 15) is 4.79 Å². The van der Waals surface area contributed by atoms with Gasteiger partial charge < -0.3 is 15.0 Å². The molecule has 130 valence electrons. The molecule has 0 spiro atoms. The van der Waals surface area contributed by atoms with Gasteiger partial charge in [-0.25, -0.2) is 0 Å². The number of carbonyl (C=O) groups is 1. The summed E-state index contributed by atoms with van der Waals surface area (Å²) in [5.74, 6) is 1.36. The molecule has 1 aliphatic carbocycles. The van der Waals surface area contributed by atoms with Gasteiger partial charge in [0.1, 0.15) is 0 Å². The molecule has 3 heterocycles. The Morgan fingerprint density at radius 3 is 2.79 bits per heavy atom. The molecule has 2 aliphatic heterocycles. The molecule has 3 fully saturated rings. The zero-order valence-electron chi connectivity index (χ0n) is 14.3. The topological polar surface area (TPSA) is 67.3 Å². The molecule has 1 aromatic heterocycles. The van der Waals surface area contributed by atoms with Crippen molar-refractivity contribution in [2.75, 3.05) is 24.6 Å². The molecule has 1 saturated carbocycles. The van der Waals surface area contributed by atoms with E-state index in [4.69, 9.17) is 4.74 Å². The highest BCUT2D eigenvalue weighted by Gasteiger charge is 2.44. The number of fused-ring (bicyclic) bond motifs is 1. The molecule has 0 unspecified atom stereocenters. The zero-order chi connectivity index (χ0) is 16.5. The third-order valence-electron chi connectivity index (χ3n) is 5.74. The number of anilines is 1. The van der Waals surface area contributed by atoms with Crippen LogP contribution in [-0.4, -0.2) is 47.9 Å². The lowest BCUT2D eigenvalue weighted by atomic mass is 9.82. The maximum absolute atomic E-state index is 12.9. The molecule has 0 aromatic carbocycles. The number of nitrogens with zero attached hydrogens (tertiary/aromatic N) is 3. The van der Waals surface area contributed by atoms with Crippen molar-refractivity contribution in [3.05, 3.63) is 17.8 Å². The SMILES string of the molecule is Cc1ccc(N2C[C@@H]3OCC[C@@H]3[C@@H](C(=O)NC3CCCC3)C2)nn1. The zero-order valence-corrected chi connectivity index (χ0v) is 14.3. The van der Waals surface area contributed by atoms with Gasteiger partial charge in [0.25, 0.3) is 0 Å².